The van der Waals surface area contributed by atoms with Crippen molar-refractivity contribution in [2.75, 3.05) is 13.2 Å². The van der Waals surface area contributed by atoms with E-state index >= 15 is 0 Å². The van der Waals surface area contributed by atoms with Gasteiger partial charge in [0, 0.05) is 33.4 Å². The minimum absolute atomic E-state index is 0.00131. The Morgan fingerprint density at radius 3 is 1.26 bits per heavy atom. The summed E-state index contributed by atoms with van der Waals surface area (Å²) in [7, 11) is 0. The summed E-state index contributed by atoms with van der Waals surface area (Å²) in [4.78, 5) is 0. The second-order valence-electron chi connectivity index (χ2n) is 10.9. The van der Waals surface area contributed by atoms with Crippen LogP contribution in [0.4, 0.5) is 26.3 Å². The second kappa shape index (κ2) is 10.6. The SMILES string of the molecule is Oc1c2cc3ccccc3c1-c1c(O)c(cc3ccccc13)-c1cc(C(F)(F)F)ccc1OCCOc1ccc(C(F)(F)F)cc1-2. The van der Waals surface area contributed by atoms with Crippen molar-refractivity contribution in [2.24, 2.45) is 0 Å². The molecule has 0 spiro atoms. The lowest BCUT2D eigenvalue weighted by atomic mass is 9.86. The molecule has 7 rings (SSSR count). The van der Waals surface area contributed by atoms with Crippen molar-refractivity contribution in [1.29, 1.82) is 0 Å². The van der Waals surface area contributed by atoms with Crippen LogP contribution in [0.2, 0.25) is 0 Å². The van der Waals surface area contributed by atoms with Gasteiger partial charge in [-0.25, -0.2) is 0 Å². The van der Waals surface area contributed by atoms with Crippen molar-refractivity contribution in [2.45, 2.75) is 12.4 Å². The Morgan fingerprint density at radius 2 is 0.870 bits per heavy atom. The van der Waals surface area contributed by atoms with Gasteiger partial charge in [0.25, 0.3) is 0 Å². The maximum Gasteiger partial charge on any atom is 0.416 e. The molecule has 0 aromatic heterocycles. The van der Waals surface area contributed by atoms with E-state index in [1.54, 1.807) is 48.5 Å². The van der Waals surface area contributed by atoms with Crippen LogP contribution in [0.1, 0.15) is 11.1 Å². The number of rotatable bonds is 0. The molecule has 6 aromatic rings. The number of hydrogen-bond acceptors (Lipinski definition) is 4. The molecule has 0 unspecified atom stereocenters. The number of hydrogen-bond donors (Lipinski definition) is 2. The first-order valence-electron chi connectivity index (χ1n) is 14.1. The molecule has 6 aromatic carbocycles. The highest BCUT2D eigenvalue weighted by Crippen LogP contribution is 2.54. The fourth-order valence-electron chi connectivity index (χ4n) is 5.98. The van der Waals surface area contributed by atoms with E-state index in [4.69, 9.17) is 9.47 Å². The quantitative estimate of drug-likeness (QED) is 0.164. The highest BCUT2D eigenvalue weighted by atomic mass is 19.4. The molecule has 0 atom stereocenters. The fourth-order valence-corrected chi connectivity index (χ4v) is 5.98. The lowest BCUT2D eigenvalue weighted by molar-refractivity contribution is -0.138. The monoisotopic (exact) mass is 632 g/mol. The van der Waals surface area contributed by atoms with Gasteiger partial charge in [0.05, 0.1) is 11.1 Å². The maximum atomic E-state index is 13.9. The van der Waals surface area contributed by atoms with Crippen LogP contribution < -0.4 is 9.47 Å². The van der Waals surface area contributed by atoms with Crippen molar-refractivity contribution in [3.05, 3.63) is 108 Å². The summed E-state index contributed by atoms with van der Waals surface area (Å²) in [6.07, 6.45) is -9.40. The minimum atomic E-state index is -4.70. The Hall–Kier alpha value is -5.38. The molecular weight excluding hydrogens is 610 g/mol. The van der Waals surface area contributed by atoms with Crippen molar-refractivity contribution in [1.82, 2.24) is 0 Å². The smallest absolute Gasteiger partial charge is 0.416 e. The summed E-state index contributed by atoms with van der Waals surface area (Å²) < 4.78 is 95.2. The van der Waals surface area contributed by atoms with Gasteiger partial charge in [0.2, 0.25) is 0 Å². The average molecular weight is 633 g/mol. The third-order valence-electron chi connectivity index (χ3n) is 8.09. The van der Waals surface area contributed by atoms with Crippen LogP contribution in [0, 0.1) is 0 Å². The molecule has 1 aliphatic heterocycles. The zero-order valence-electron chi connectivity index (χ0n) is 23.6. The number of phenols is 2. The molecule has 0 saturated carbocycles. The van der Waals surface area contributed by atoms with Crippen molar-refractivity contribution >= 4 is 21.5 Å². The molecule has 1 aliphatic rings. The fraction of sp³-hybridized carbons (Fsp3) is 0.111. The van der Waals surface area contributed by atoms with E-state index in [0.29, 0.717) is 21.5 Å². The molecule has 0 saturated heterocycles. The van der Waals surface area contributed by atoms with E-state index in [1.807, 2.05) is 0 Å². The van der Waals surface area contributed by atoms with Crippen LogP contribution in [0.5, 0.6) is 23.0 Å². The van der Waals surface area contributed by atoms with E-state index in [0.717, 1.165) is 36.4 Å². The van der Waals surface area contributed by atoms with Crippen LogP contribution in [-0.2, 0) is 12.4 Å². The Labute approximate surface area is 257 Å². The van der Waals surface area contributed by atoms with Crippen molar-refractivity contribution in [3.63, 3.8) is 0 Å². The van der Waals surface area contributed by atoms with Gasteiger partial charge in [0.15, 0.2) is 0 Å². The molecule has 4 nitrogen and oxygen atoms in total. The largest absolute Gasteiger partial charge is 0.507 e. The number of ether oxygens (including phenoxy) is 2. The van der Waals surface area contributed by atoms with Gasteiger partial charge in [-0.1, -0.05) is 48.5 Å². The summed E-state index contributed by atoms with van der Waals surface area (Å²) in [6, 6.07) is 22.5. The lowest BCUT2D eigenvalue weighted by Gasteiger charge is -2.23. The van der Waals surface area contributed by atoms with E-state index in [2.05, 4.69) is 0 Å². The molecule has 1 heterocycles. The highest BCUT2D eigenvalue weighted by molar-refractivity contribution is 6.14. The normalized spacial score (nSPS) is 13.3. The van der Waals surface area contributed by atoms with Gasteiger partial charge < -0.3 is 19.7 Å². The first-order chi connectivity index (χ1) is 21.9. The lowest BCUT2D eigenvalue weighted by Crippen LogP contribution is -2.12. The maximum absolute atomic E-state index is 13.9. The van der Waals surface area contributed by atoms with E-state index in [1.165, 1.54) is 12.1 Å². The molecular formula is C36H22F6O4. The first-order valence-corrected chi connectivity index (χ1v) is 14.1. The van der Waals surface area contributed by atoms with Crippen molar-refractivity contribution < 1.29 is 46.0 Å². The van der Waals surface area contributed by atoms with Gasteiger partial charge in [-0.15, -0.1) is 0 Å². The number of alkyl halides is 6. The predicted molar refractivity (Wildman–Crippen MR) is 162 cm³/mol. The van der Waals surface area contributed by atoms with Crippen molar-refractivity contribution in [3.8, 4) is 56.4 Å². The minimum Gasteiger partial charge on any atom is -0.507 e. The molecule has 0 amide bonds. The van der Waals surface area contributed by atoms with Gasteiger partial charge in [-0.2, -0.15) is 26.3 Å². The molecule has 0 aliphatic carbocycles. The first kappa shape index (κ1) is 29.3. The third kappa shape index (κ3) is 4.90. The van der Waals surface area contributed by atoms with Crippen LogP contribution in [-0.4, -0.2) is 23.4 Å². The Balaban J connectivity index is 1.65. The highest BCUT2D eigenvalue weighted by Gasteiger charge is 2.34. The number of benzene rings is 6. The van der Waals surface area contributed by atoms with Crippen LogP contribution in [0.15, 0.2) is 97.1 Å². The third-order valence-corrected chi connectivity index (χ3v) is 8.09. The Kier molecular flexibility index (Phi) is 6.77. The molecule has 0 fully saturated rings. The molecule has 0 radical (unpaired) electrons. The number of fused-ring (bicyclic) bond motifs is 13. The molecule has 46 heavy (non-hydrogen) atoms. The summed E-state index contributed by atoms with van der Waals surface area (Å²) in [5, 5.41) is 26.0. The standard InChI is InChI=1S/C36H22F6O4/c37-35(38,39)21-9-11-29-25(17-21)27-15-19-5-1-3-7-23(19)31(33(27)43)32-24-8-4-2-6-20(24)16-28(34(32)44)26-18-22(36(40,41)42)10-12-30(26)46-14-13-45-29/h1-12,15-18,43-44H,13-14H2. The zero-order valence-corrected chi connectivity index (χ0v) is 23.6. The molecule has 10 heteroatoms. The van der Waals surface area contributed by atoms with E-state index in [9.17, 15) is 36.6 Å². The van der Waals surface area contributed by atoms with Gasteiger partial charge in [-0.05, 0) is 70.1 Å². The predicted octanol–water partition coefficient (Wildman–Crippen LogP) is 10.2. The molecule has 2 N–H and O–H groups in total. The number of halogens is 6. The van der Waals surface area contributed by atoms with Crippen LogP contribution >= 0.6 is 0 Å². The summed E-state index contributed by atoms with van der Waals surface area (Å²) >= 11 is 0. The van der Waals surface area contributed by atoms with Gasteiger partial charge >= 0.3 is 12.4 Å². The van der Waals surface area contributed by atoms with Crippen LogP contribution in [0.25, 0.3) is 54.9 Å². The van der Waals surface area contributed by atoms with E-state index in [-0.39, 0.29) is 58.1 Å². The van der Waals surface area contributed by atoms with Gasteiger partial charge in [0.1, 0.15) is 36.2 Å². The molecule has 232 valence electrons. The number of aromatic hydroxyl groups is 2. The summed E-state index contributed by atoms with van der Waals surface area (Å²) in [5.41, 5.74) is -1.87. The van der Waals surface area contributed by atoms with Gasteiger partial charge in [-0.3, -0.25) is 0 Å². The molecule has 4 bridgehead atoms. The van der Waals surface area contributed by atoms with E-state index < -0.39 is 35.0 Å². The van der Waals surface area contributed by atoms with Crippen LogP contribution in [0.3, 0.4) is 0 Å². The summed E-state index contributed by atoms with van der Waals surface area (Å²) in [5.74, 6) is -0.863. The summed E-state index contributed by atoms with van der Waals surface area (Å²) in [6.45, 7) is -0.399. The Bertz CT molecular complexity index is 2010. The topological polar surface area (TPSA) is 58.9 Å². The second-order valence-corrected chi connectivity index (χ2v) is 10.9. The average Bonchev–Trinajstić information content (AvgIpc) is 3.02. The zero-order chi connectivity index (χ0) is 32.4. The number of phenolic OH excluding ortho intramolecular Hbond substituents is 2. The Morgan fingerprint density at radius 1 is 0.478 bits per heavy atom.